The molecule has 0 spiro atoms. The lowest BCUT2D eigenvalue weighted by molar-refractivity contribution is 0.0397. The lowest BCUT2D eigenvalue weighted by Crippen LogP contribution is -2.09. The van der Waals surface area contributed by atoms with E-state index in [0.717, 1.165) is 18.6 Å². The van der Waals surface area contributed by atoms with Gasteiger partial charge < -0.3 is 14.2 Å². The minimum absolute atomic E-state index is 0.337. The zero-order chi connectivity index (χ0) is 13.2. The predicted octanol–water partition coefficient (Wildman–Crippen LogP) is 2.42. The summed E-state index contributed by atoms with van der Waals surface area (Å²) in [5, 5.41) is 0. The fourth-order valence-electron chi connectivity index (χ4n) is 1.50. The second-order valence-corrected chi connectivity index (χ2v) is 3.81. The molecule has 0 aliphatic heterocycles. The highest BCUT2D eigenvalue weighted by molar-refractivity contribution is 5.90. The standard InChI is InChI=1S/C14H20O4/c1-3-8-17-9-10-18-11-12-6-4-5-7-13(12)14(15)16-2/h4-7H,3,8-11H2,1-2H3. The molecule has 0 aliphatic carbocycles. The van der Waals surface area contributed by atoms with E-state index in [1.54, 1.807) is 12.1 Å². The topological polar surface area (TPSA) is 44.8 Å². The molecule has 0 aromatic heterocycles. The molecule has 0 heterocycles. The van der Waals surface area contributed by atoms with Crippen molar-refractivity contribution < 1.29 is 19.0 Å². The molecule has 0 amide bonds. The molecule has 0 aliphatic rings. The van der Waals surface area contributed by atoms with Gasteiger partial charge in [0.05, 0.1) is 32.5 Å². The second kappa shape index (κ2) is 8.66. The number of benzene rings is 1. The molecular weight excluding hydrogens is 232 g/mol. The highest BCUT2D eigenvalue weighted by atomic mass is 16.5. The summed E-state index contributed by atoms with van der Waals surface area (Å²) >= 11 is 0. The number of carbonyl (C=O) groups is 1. The van der Waals surface area contributed by atoms with Gasteiger partial charge in [-0.25, -0.2) is 4.79 Å². The fraction of sp³-hybridized carbons (Fsp3) is 0.500. The van der Waals surface area contributed by atoms with E-state index in [4.69, 9.17) is 14.2 Å². The van der Waals surface area contributed by atoms with Gasteiger partial charge in [0, 0.05) is 6.61 Å². The van der Waals surface area contributed by atoms with E-state index in [9.17, 15) is 4.79 Å². The molecule has 1 rings (SSSR count). The Kier molecular flexibility index (Phi) is 7.06. The van der Waals surface area contributed by atoms with Crippen molar-refractivity contribution in [3.8, 4) is 0 Å². The van der Waals surface area contributed by atoms with Crippen molar-refractivity contribution in [2.45, 2.75) is 20.0 Å². The van der Waals surface area contributed by atoms with Gasteiger partial charge in [0.1, 0.15) is 0 Å². The fourth-order valence-corrected chi connectivity index (χ4v) is 1.50. The Morgan fingerprint density at radius 1 is 1.11 bits per heavy atom. The summed E-state index contributed by atoms with van der Waals surface area (Å²) in [5.41, 5.74) is 1.38. The van der Waals surface area contributed by atoms with Crippen molar-refractivity contribution in [2.75, 3.05) is 26.9 Å². The number of ether oxygens (including phenoxy) is 3. The van der Waals surface area contributed by atoms with E-state index in [1.165, 1.54) is 7.11 Å². The number of esters is 1. The van der Waals surface area contributed by atoms with Crippen LogP contribution in [0.4, 0.5) is 0 Å². The van der Waals surface area contributed by atoms with Crippen molar-refractivity contribution in [3.63, 3.8) is 0 Å². The van der Waals surface area contributed by atoms with Crippen LogP contribution >= 0.6 is 0 Å². The van der Waals surface area contributed by atoms with Crippen molar-refractivity contribution in [1.29, 1.82) is 0 Å². The third kappa shape index (κ3) is 4.85. The highest BCUT2D eigenvalue weighted by Gasteiger charge is 2.10. The number of carbonyl (C=O) groups excluding carboxylic acids is 1. The Bertz CT molecular complexity index is 363. The molecule has 100 valence electrons. The Balaban J connectivity index is 2.39. The second-order valence-electron chi connectivity index (χ2n) is 3.81. The molecule has 0 bridgehead atoms. The van der Waals surface area contributed by atoms with Gasteiger partial charge in [-0.3, -0.25) is 0 Å². The van der Waals surface area contributed by atoms with Gasteiger partial charge in [-0.2, -0.15) is 0 Å². The van der Waals surface area contributed by atoms with Gasteiger partial charge in [-0.05, 0) is 18.1 Å². The zero-order valence-corrected chi connectivity index (χ0v) is 11.0. The Labute approximate surface area is 108 Å². The largest absolute Gasteiger partial charge is 0.465 e. The minimum atomic E-state index is -0.337. The maximum absolute atomic E-state index is 11.5. The van der Waals surface area contributed by atoms with E-state index in [0.29, 0.717) is 25.4 Å². The van der Waals surface area contributed by atoms with Crippen LogP contribution in [0.25, 0.3) is 0 Å². The van der Waals surface area contributed by atoms with Crippen molar-refractivity contribution in [1.82, 2.24) is 0 Å². The summed E-state index contributed by atoms with van der Waals surface area (Å²) in [6.07, 6.45) is 1.01. The van der Waals surface area contributed by atoms with Crippen molar-refractivity contribution in [3.05, 3.63) is 35.4 Å². The molecule has 18 heavy (non-hydrogen) atoms. The van der Waals surface area contributed by atoms with E-state index >= 15 is 0 Å². The van der Waals surface area contributed by atoms with Crippen LogP contribution in [0, 0.1) is 0 Å². The lowest BCUT2D eigenvalue weighted by Gasteiger charge is -2.08. The van der Waals surface area contributed by atoms with Crippen LogP contribution < -0.4 is 0 Å². The summed E-state index contributed by atoms with van der Waals surface area (Å²) in [6, 6.07) is 7.27. The summed E-state index contributed by atoms with van der Waals surface area (Å²) in [7, 11) is 1.37. The van der Waals surface area contributed by atoms with Gasteiger partial charge in [0.25, 0.3) is 0 Å². The molecule has 0 N–H and O–H groups in total. The molecule has 1 aromatic rings. The molecule has 4 nitrogen and oxygen atoms in total. The molecule has 0 atom stereocenters. The van der Waals surface area contributed by atoms with Crippen LogP contribution in [0.1, 0.15) is 29.3 Å². The SMILES string of the molecule is CCCOCCOCc1ccccc1C(=O)OC. The normalized spacial score (nSPS) is 10.3. The van der Waals surface area contributed by atoms with Crippen LogP contribution in [0.15, 0.2) is 24.3 Å². The molecule has 0 saturated heterocycles. The third-order valence-electron chi connectivity index (χ3n) is 2.40. The number of hydrogen-bond donors (Lipinski definition) is 0. The van der Waals surface area contributed by atoms with E-state index in [-0.39, 0.29) is 5.97 Å². The summed E-state index contributed by atoms with van der Waals surface area (Å²) in [6.45, 7) is 4.31. The lowest BCUT2D eigenvalue weighted by atomic mass is 10.1. The van der Waals surface area contributed by atoms with E-state index in [1.807, 2.05) is 12.1 Å². The minimum Gasteiger partial charge on any atom is -0.465 e. The van der Waals surface area contributed by atoms with Crippen LogP contribution in [-0.4, -0.2) is 32.9 Å². The van der Waals surface area contributed by atoms with Crippen molar-refractivity contribution >= 4 is 5.97 Å². The van der Waals surface area contributed by atoms with Gasteiger partial charge in [0.15, 0.2) is 0 Å². The number of rotatable bonds is 8. The third-order valence-corrected chi connectivity index (χ3v) is 2.40. The number of hydrogen-bond acceptors (Lipinski definition) is 4. The van der Waals surface area contributed by atoms with Crippen molar-refractivity contribution in [2.24, 2.45) is 0 Å². The molecule has 0 fully saturated rings. The monoisotopic (exact) mass is 252 g/mol. The first-order chi connectivity index (χ1) is 8.79. The molecule has 0 radical (unpaired) electrons. The molecule has 0 saturated carbocycles. The zero-order valence-electron chi connectivity index (χ0n) is 11.0. The molecule has 1 aromatic carbocycles. The van der Waals surface area contributed by atoms with Gasteiger partial charge in [-0.1, -0.05) is 25.1 Å². The highest BCUT2D eigenvalue weighted by Crippen LogP contribution is 2.11. The van der Waals surface area contributed by atoms with Crippen LogP contribution in [0.2, 0.25) is 0 Å². The maximum atomic E-state index is 11.5. The van der Waals surface area contributed by atoms with Gasteiger partial charge in [-0.15, -0.1) is 0 Å². The van der Waals surface area contributed by atoms with Crippen LogP contribution in [-0.2, 0) is 20.8 Å². The number of methoxy groups -OCH3 is 1. The Hall–Kier alpha value is -1.39. The van der Waals surface area contributed by atoms with Gasteiger partial charge >= 0.3 is 5.97 Å². The first-order valence-corrected chi connectivity index (χ1v) is 6.11. The summed E-state index contributed by atoms with van der Waals surface area (Å²) < 4.78 is 15.5. The van der Waals surface area contributed by atoms with Crippen LogP contribution in [0.3, 0.4) is 0 Å². The average molecular weight is 252 g/mol. The molecule has 4 heteroatoms. The smallest absolute Gasteiger partial charge is 0.338 e. The van der Waals surface area contributed by atoms with E-state index < -0.39 is 0 Å². The average Bonchev–Trinajstić information content (AvgIpc) is 2.42. The van der Waals surface area contributed by atoms with Gasteiger partial charge in [0.2, 0.25) is 0 Å². The van der Waals surface area contributed by atoms with E-state index in [2.05, 4.69) is 6.92 Å². The quantitative estimate of drug-likeness (QED) is 0.526. The predicted molar refractivity (Wildman–Crippen MR) is 68.5 cm³/mol. The maximum Gasteiger partial charge on any atom is 0.338 e. The molecule has 0 unspecified atom stereocenters. The summed E-state index contributed by atoms with van der Waals surface area (Å²) in [5.74, 6) is -0.337. The Morgan fingerprint density at radius 3 is 2.56 bits per heavy atom. The Morgan fingerprint density at radius 2 is 1.83 bits per heavy atom. The first kappa shape index (κ1) is 14.7. The van der Waals surface area contributed by atoms with Crippen LogP contribution in [0.5, 0.6) is 0 Å². The molecular formula is C14H20O4. The first-order valence-electron chi connectivity index (χ1n) is 6.11. The summed E-state index contributed by atoms with van der Waals surface area (Å²) in [4.78, 5) is 11.5.